The molecule has 1 aliphatic rings. The van der Waals surface area contributed by atoms with E-state index in [1.165, 1.54) is 5.57 Å². The van der Waals surface area contributed by atoms with E-state index in [0.29, 0.717) is 18.9 Å². The quantitative estimate of drug-likeness (QED) is 0.628. The Labute approximate surface area is 135 Å². The van der Waals surface area contributed by atoms with Crippen LogP contribution in [-0.4, -0.2) is 24.8 Å². The lowest BCUT2D eigenvalue weighted by Gasteiger charge is -2.36. The van der Waals surface area contributed by atoms with Gasteiger partial charge in [0.15, 0.2) is 0 Å². The van der Waals surface area contributed by atoms with Gasteiger partial charge in [0.25, 0.3) is 0 Å². The third-order valence-corrected chi connectivity index (χ3v) is 4.66. The fourth-order valence-electron chi connectivity index (χ4n) is 3.11. The molecule has 0 aromatic rings. The first-order valence-electron chi connectivity index (χ1n) is 8.58. The Kier molecular flexibility index (Phi) is 7.88. The zero-order chi connectivity index (χ0) is 16.6. The molecule has 0 saturated heterocycles. The van der Waals surface area contributed by atoms with Crippen molar-refractivity contribution in [3.8, 4) is 0 Å². The molecule has 0 aliphatic heterocycles. The van der Waals surface area contributed by atoms with E-state index in [-0.39, 0.29) is 5.92 Å². The first-order valence-corrected chi connectivity index (χ1v) is 8.58. The molecule has 0 aromatic carbocycles. The summed E-state index contributed by atoms with van der Waals surface area (Å²) in [5, 5.41) is 9.91. The highest BCUT2D eigenvalue weighted by atomic mass is 16.5. The molecule has 1 N–H and O–H groups in total. The lowest BCUT2D eigenvalue weighted by molar-refractivity contribution is -0.149. The van der Waals surface area contributed by atoms with E-state index >= 15 is 0 Å². The number of ether oxygens (including phenoxy) is 1. The van der Waals surface area contributed by atoms with Gasteiger partial charge in [0.1, 0.15) is 0 Å². The van der Waals surface area contributed by atoms with Gasteiger partial charge in [-0.25, -0.2) is 0 Å². The predicted molar refractivity (Wildman–Crippen MR) is 90.9 cm³/mol. The van der Waals surface area contributed by atoms with Gasteiger partial charge in [0, 0.05) is 13.7 Å². The van der Waals surface area contributed by atoms with Crippen molar-refractivity contribution in [1.82, 2.24) is 0 Å². The molecule has 1 aliphatic carbocycles. The molecular weight excluding hydrogens is 276 g/mol. The Morgan fingerprint density at radius 2 is 2.18 bits per heavy atom. The number of unbranched alkanes of at least 4 members (excludes halogenated alkanes) is 1. The van der Waals surface area contributed by atoms with Crippen LogP contribution in [0.4, 0.5) is 0 Å². The van der Waals surface area contributed by atoms with Crippen molar-refractivity contribution in [1.29, 1.82) is 0 Å². The Balaban J connectivity index is 2.99. The van der Waals surface area contributed by atoms with Crippen LogP contribution < -0.4 is 0 Å². The van der Waals surface area contributed by atoms with E-state index in [1.54, 1.807) is 7.11 Å². The highest BCUT2D eigenvalue weighted by Crippen LogP contribution is 2.43. The molecule has 0 saturated carbocycles. The molecule has 0 bridgehead atoms. The lowest BCUT2D eigenvalue weighted by atomic mass is 9.66. The number of allylic oxidation sites excluding steroid dienone is 3. The molecule has 1 rings (SSSR count). The van der Waals surface area contributed by atoms with Gasteiger partial charge >= 0.3 is 5.97 Å². The minimum Gasteiger partial charge on any atom is -0.481 e. The number of rotatable bonds is 10. The molecule has 0 fully saturated rings. The SMILES string of the molecule is CCCCC1=CC(CCOC)C(CCC(C)C)(C(=O)O)C=C1. The Bertz CT molecular complexity index is 409. The number of carbonyl (C=O) groups is 1. The minimum atomic E-state index is -0.765. The summed E-state index contributed by atoms with van der Waals surface area (Å²) in [5.41, 5.74) is 0.516. The number of aliphatic carboxylic acids is 1. The molecule has 3 heteroatoms. The van der Waals surface area contributed by atoms with E-state index in [0.717, 1.165) is 32.1 Å². The van der Waals surface area contributed by atoms with Crippen molar-refractivity contribution < 1.29 is 14.6 Å². The van der Waals surface area contributed by atoms with Crippen LogP contribution in [0.2, 0.25) is 0 Å². The van der Waals surface area contributed by atoms with Crippen LogP contribution in [0, 0.1) is 17.3 Å². The first kappa shape index (κ1) is 19.0. The molecule has 0 heterocycles. The van der Waals surface area contributed by atoms with E-state index in [1.807, 2.05) is 12.2 Å². The van der Waals surface area contributed by atoms with E-state index < -0.39 is 11.4 Å². The summed E-state index contributed by atoms with van der Waals surface area (Å²) in [7, 11) is 1.68. The number of carboxylic acids is 1. The van der Waals surface area contributed by atoms with Crippen molar-refractivity contribution >= 4 is 5.97 Å². The van der Waals surface area contributed by atoms with Crippen LogP contribution in [0.1, 0.15) is 59.3 Å². The van der Waals surface area contributed by atoms with Crippen molar-refractivity contribution in [3.05, 3.63) is 23.8 Å². The van der Waals surface area contributed by atoms with Crippen molar-refractivity contribution in [2.45, 2.75) is 59.3 Å². The summed E-state index contributed by atoms with van der Waals surface area (Å²) in [6.45, 7) is 7.08. The molecule has 3 nitrogen and oxygen atoms in total. The van der Waals surface area contributed by atoms with Gasteiger partial charge < -0.3 is 9.84 Å². The summed E-state index contributed by atoms with van der Waals surface area (Å²) < 4.78 is 5.21. The topological polar surface area (TPSA) is 46.5 Å². The maximum atomic E-state index is 12.1. The second kappa shape index (κ2) is 9.14. The molecule has 2 unspecified atom stereocenters. The summed E-state index contributed by atoms with van der Waals surface area (Å²) in [6.07, 6.45) is 11.9. The molecule has 0 aromatic heterocycles. The van der Waals surface area contributed by atoms with Gasteiger partial charge in [0.05, 0.1) is 5.41 Å². The van der Waals surface area contributed by atoms with Crippen LogP contribution in [0.15, 0.2) is 23.8 Å². The number of methoxy groups -OCH3 is 1. The third-order valence-electron chi connectivity index (χ3n) is 4.66. The first-order chi connectivity index (χ1) is 10.5. The molecule has 0 spiro atoms. The van der Waals surface area contributed by atoms with Gasteiger partial charge in [-0.3, -0.25) is 4.79 Å². The van der Waals surface area contributed by atoms with Crippen LogP contribution in [0.25, 0.3) is 0 Å². The smallest absolute Gasteiger partial charge is 0.314 e. The maximum Gasteiger partial charge on any atom is 0.314 e. The van der Waals surface area contributed by atoms with Crippen LogP contribution in [0.3, 0.4) is 0 Å². The number of hydrogen-bond acceptors (Lipinski definition) is 2. The van der Waals surface area contributed by atoms with E-state index in [9.17, 15) is 9.90 Å². The van der Waals surface area contributed by atoms with E-state index in [4.69, 9.17) is 4.74 Å². The Hall–Kier alpha value is -1.09. The second-order valence-electron chi connectivity index (χ2n) is 6.84. The van der Waals surface area contributed by atoms with E-state index in [2.05, 4.69) is 26.8 Å². The summed E-state index contributed by atoms with van der Waals surface area (Å²) in [6, 6.07) is 0. The standard InChI is InChI=1S/C19H32O3/c1-5-6-7-16-9-12-19(18(20)21,11-8-15(2)3)17(14-16)10-13-22-4/h9,12,14-15,17H,5-8,10-11,13H2,1-4H3,(H,20,21). The van der Waals surface area contributed by atoms with Crippen molar-refractivity contribution in [3.63, 3.8) is 0 Å². The van der Waals surface area contributed by atoms with Crippen LogP contribution in [0.5, 0.6) is 0 Å². The van der Waals surface area contributed by atoms with Gasteiger partial charge in [-0.2, -0.15) is 0 Å². The van der Waals surface area contributed by atoms with Gasteiger partial charge in [-0.15, -0.1) is 0 Å². The molecule has 2 atom stereocenters. The van der Waals surface area contributed by atoms with Crippen molar-refractivity contribution in [2.24, 2.45) is 17.3 Å². The van der Waals surface area contributed by atoms with Crippen LogP contribution >= 0.6 is 0 Å². The maximum absolute atomic E-state index is 12.1. The second-order valence-corrected chi connectivity index (χ2v) is 6.84. The summed E-state index contributed by atoms with van der Waals surface area (Å²) in [5.74, 6) is -0.157. The largest absolute Gasteiger partial charge is 0.481 e. The minimum absolute atomic E-state index is 0.0283. The van der Waals surface area contributed by atoms with Crippen molar-refractivity contribution in [2.75, 3.05) is 13.7 Å². The summed E-state index contributed by atoms with van der Waals surface area (Å²) in [4.78, 5) is 12.1. The molecular formula is C19H32O3. The average molecular weight is 308 g/mol. The van der Waals surface area contributed by atoms with Crippen LogP contribution in [-0.2, 0) is 9.53 Å². The number of hydrogen-bond donors (Lipinski definition) is 1. The predicted octanol–water partition coefficient (Wildman–Crippen LogP) is 4.83. The highest BCUT2D eigenvalue weighted by molar-refractivity contribution is 5.78. The Morgan fingerprint density at radius 3 is 2.73 bits per heavy atom. The van der Waals surface area contributed by atoms with Gasteiger partial charge in [-0.05, 0) is 43.9 Å². The lowest BCUT2D eigenvalue weighted by Crippen LogP contribution is -2.38. The molecule has 0 radical (unpaired) electrons. The normalized spacial score (nSPS) is 24.6. The zero-order valence-corrected chi connectivity index (χ0v) is 14.6. The molecule has 22 heavy (non-hydrogen) atoms. The third kappa shape index (κ3) is 4.98. The Morgan fingerprint density at radius 1 is 1.45 bits per heavy atom. The zero-order valence-electron chi connectivity index (χ0n) is 14.6. The average Bonchev–Trinajstić information content (AvgIpc) is 2.49. The monoisotopic (exact) mass is 308 g/mol. The molecule has 0 amide bonds. The highest BCUT2D eigenvalue weighted by Gasteiger charge is 2.43. The van der Waals surface area contributed by atoms with Gasteiger partial charge in [0.2, 0.25) is 0 Å². The van der Waals surface area contributed by atoms with Gasteiger partial charge in [-0.1, -0.05) is 51.0 Å². The summed E-state index contributed by atoms with van der Waals surface area (Å²) >= 11 is 0. The fourth-order valence-corrected chi connectivity index (χ4v) is 3.11. The fraction of sp³-hybridized carbons (Fsp3) is 0.737. The molecule has 126 valence electrons. The number of carboxylic acid groups (broad SMARTS) is 1.